The first kappa shape index (κ1) is 10.7. The molecule has 3 nitrogen and oxygen atoms in total. The van der Waals surface area contributed by atoms with Crippen molar-refractivity contribution in [1.29, 1.82) is 5.26 Å². The lowest BCUT2D eigenvalue weighted by Gasteiger charge is -2.18. The molecule has 2 atom stereocenters. The van der Waals surface area contributed by atoms with Gasteiger partial charge in [-0.15, -0.1) is 0 Å². The SMILES string of the molecule is CCC(N)C(O)c1ccccc1C#N. The van der Waals surface area contributed by atoms with Gasteiger partial charge in [0.1, 0.15) is 0 Å². The average Bonchev–Trinajstić information content (AvgIpc) is 2.26. The Morgan fingerprint density at radius 1 is 1.50 bits per heavy atom. The minimum atomic E-state index is -0.754. The summed E-state index contributed by atoms with van der Waals surface area (Å²) in [6, 6.07) is 8.70. The quantitative estimate of drug-likeness (QED) is 0.755. The summed E-state index contributed by atoms with van der Waals surface area (Å²) in [5.74, 6) is 0. The summed E-state index contributed by atoms with van der Waals surface area (Å²) in [5, 5.41) is 18.6. The van der Waals surface area contributed by atoms with Gasteiger partial charge in [0.2, 0.25) is 0 Å². The number of rotatable bonds is 3. The second-order valence-electron chi connectivity index (χ2n) is 3.22. The Bertz CT molecular complexity index is 343. The number of benzene rings is 1. The molecule has 0 fully saturated rings. The number of nitriles is 1. The van der Waals surface area contributed by atoms with E-state index in [4.69, 9.17) is 11.0 Å². The number of nitrogens with two attached hydrogens (primary N) is 1. The second-order valence-corrected chi connectivity index (χ2v) is 3.22. The fourth-order valence-corrected chi connectivity index (χ4v) is 1.31. The maximum Gasteiger partial charge on any atom is 0.0995 e. The number of aliphatic hydroxyl groups excluding tert-OH is 1. The smallest absolute Gasteiger partial charge is 0.0995 e. The zero-order chi connectivity index (χ0) is 10.6. The molecule has 0 bridgehead atoms. The fourth-order valence-electron chi connectivity index (χ4n) is 1.31. The molecule has 3 N–H and O–H groups in total. The number of hydrogen-bond donors (Lipinski definition) is 2. The standard InChI is InChI=1S/C11H14N2O/c1-2-10(13)11(14)9-6-4-3-5-8(9)7-12/h3-6,10-11,14H,2,13H2,1H3. The highest BCUT2D eigenvalue weighted by atomic mass is 16.3. The van der Waals surface area contributed by atoms with E-state index in [1.54, 1.807) is 24.3 Å². The van der Waals surface area contributed by atoms with Crippen molar-refractivity contribution in [3.63, 3.8) is 0 Å². The predicted octanol–water partition coefficient (Wildman–Crippen LogP) is 1.33. The van der Waals surface area contributed by atoms with Gasteiger partial charge in [0.05, 0.1) is 17.7 Å². The van der Waals surface area contributed by atoms with Crippen LogP contribution in [0, 0.1) is 11.3 Å². The van der Waals surface area contributed by atoms with E-state index in [-0.39, 0.29) is 6.04 Å². The molecule has 14 heavy (non-hydrogen) atoms. The van der Waals surface area contributed by atoms with Crippen LogP contribution in [0.15, 0.2) is 24.3 Å². The zero-order valence-corrected chi connectivity index (χ0v) is 8.14. The Morgan fingerprint density at radius 2 is 2.14 bits per heavy atom. The zero-order valence-electron chi connectivity index (χ0n) is 8.14. The molecule has 3 heteroatoms. The first-order valence-corrected chi connectivity index (χ1v) is 4.63. The van der Waals surface area contributed by atoms with Gasteiger partial charge in [-0.25, -0.2) is 0 Å². The van der Waals surface area contributed by atoms with Crippen LogP contribution >= 0.6 is 0 Å². The molecule has 0 saturated heterocycles. The molecule has 0 heterocycles. The summed E-state index contributed by atoms with van der Waals surface area (Å²) < 4.78 is 0. The van der Waals surface area contributed by atoms with E-state index in [0.29, 0.717) is 17.5 Å². The van der Waals surface area contributed by atoms with Crippen molar-refractivity contribution in [1.82, 2.24) is 0 Å². The van der Waals surface area contributed by atoms with Crippen LogP contribution in [0.25, 0.3) is 0 Å². The van der Waals surface area contributed by atoms with Crippen LogP contribution in [0.4, 0.5) is 0 Å². The third-order valence-corrected chi connectivity index (χ3v) is 2.28. The summed E-state index contributed by atoms with van der Waals surface area (Å²) in [6.45, 7) is 1.91. The van der Waals surface area contributed by atoms with Gasteiger partial charge in [0.15, 0.2) is 0 Å². The van der Waals surface area contributed by atoms with Crippen LogP contribution < -0.4 is 5.73 Å². The molecule has 1 aromatic carbocycles. The van der Waals surface area contributed by atoms with Gasteiger partial charge >= 0.3 is 0 Å². The minimum absolute atomic E-state index is 0.315. The molecule has 74 valence electrons. The molecule has 1 aromatic rings. The molecule has 0 aromatic heterocycles. The fraction of sp³-hybridized carbons (Fsp3) is 0.364. The van der Waals surface area contributed by atoms with Gasteiger partial charge in [-0.05, 0) is 18.1 Å². The third-order valence-electron chi connectivity index (χ3n) is 2.28. The number of aliphatic hydroxyl groups is 1. The van der Waals surface area contributed by atoms with Crippen LogP contribution in [-0.4, -0.2) is 11.1 Å². The molecule has 2 unspecified atom stereocenters. The van der Waals surface area contributed by atoms with Gasteiger partial charge in [0, 0.05) is 6.04 Å². The third kappa shape index (κ3) is 2.11. The molecule has 0 amide bonds. The number of nitrogens with zero attached hydrogens (tertiary/aromatic N) is 1. The van der Waals surface area contributed by atoms with E-state index in [0.717, 1.165) is 0 Å². The largest absolute Gasteiger partial charge is 0.387 e. The van der Waals surface area contributed by atoms with Crippen LogP contribution in [-0.2, 0) is 0 Å². The Labute approximate surface area is 83.8 Å². The molecule has 0 spiro atoms. The summed E-state index contributed by atoms with van der Waals surface area (Å²) in [6.07, 6.45) is -0.0724. The molecule has 0 radical (unpaired) electrons. The summed E-state index contributed by atoms with van der Waals surface area (Å²) in [4.78, 5) is 0. The van der Waals surface area contributed by atoms with Crippen LogP contribution in [0.2, 0.25) is 0 Å². The Kier molecular flexibility index (Phi) is 3.63. The van der Waals surface area contributed by atoms with Crippen LogP contribution in [0.5, 0.6) is 0 Å². The Balaban J connectivity index is 3.01. The van der Waals surface area contributed by atoms with E-state index >= 15 is 0 Å². The molecular formula is C11H14N2O. The van der Waals surface area contributed by atoms with Gasteiger partial charge in [0.25, 0.3) is 0 Å². The minimum Gasteiger partial charge on any atom is -0.387 e. The van der Waals surface area contributed by atoms with Gasteiger partial charge in [-0.1, -0.05) is 25.1 Å². The van der Waals surface area contributed by atoms with Crippen molar-refractivity contribution >= 4 is 0 Å². The molecule has 1 rings (SSSR count). The first-order valence-electron chi connectivity index (χ1n) is 4.63. The topological polar surface area (TPSA) is 70.0 Å². The van der Waals surface area contributed by atoms with Crippen LogP contribution in [0.1, 0.15) is 30.6 Å². The van der Waals surface area contributed by atoms with Crippen molar-refractivity contribution in [2.24, 2.45) is 5.73 Å². The van der Waals surface area contributed by atoms with Crippen molar-refractivity contribution in [2.75, 3.05) is 0 Å². The molecule has 0 aliphatic rings. The van der Waals surface area contributed by atoms with E-state index in [1.165, 1.54) is 0 Å². The average molecular weight is 190 g/mol. The predicted molar refractivity (Wildman–Crippen MR) is 54.4 cm³/mol. The monoisotopic (exact) mass is 190 g/mol. The van der Waals surface area contributed by atoms with Crippen molar-refractivity contribution < 1.29 is 5.11 Å². The molecular weight excluding hydrogens is 176 g/mol. The molecule has 0 saturated carbocycles. The summed E-state index contributed by atoms with van der Waals surface area (Å²) in [7, 11) is 0. The Morgan fingerprint density at radius 3 is 2.71 bits per heavy atom. The maximum absolute atomic E-state index is 9.82. The van der Waals surface area contributed by atoms with E-state index < -0.39 is 6.10 Å². The normalized spacial score (nSPS) is 14.4. The second kappa shape index (κ2) is 4.75. The van der Waals surface area contributed by atoms with E-state index in [2.05, 4.69) is 0 Å². The van der Waals surface area contributed by atoms with E-state index in [1.807, 2.05) is 13.0 Å². The highest BCUT2D eigenvalue weighted by Crippen LogP contribution is 2.20. The van der Waals surface area contributed by atoms with Gasteiger partial charge in [-0.2, -0.15) is 5.26 Å². The van der Waals surface area contributed by atoms with Crippen LogP contribution in [0.3, 0.4) is 0 Å². The molecule has 0 aliphatic heterocycles. The van der Waals surface area contributed by atoms with E-state index in [9.17, 15) is 5.11 Å². The van der Waals surface area contributed by atoms with Crippen molar-refractivity contribution in [3.05, 3.63) is 35.4 Å². The molecule has 0 aliphatic carbocycles. The highest BCUT2D eigenvalue weighted by molar-refractivity contribution is 5.39. The first-order chi connectivity index (χ1) is 6.70. The summed E-state index contributed by atoms with van der Waals surface area (Å²) >= 11 is 0. The Hall–Kier alpha value is -1.37. The van der Waals surface area contributed by atoms with Crippen molar-refractivity contribution in [3.8, 4) is 6.07 Å². The highest BCUT2D eigenvalue weighted by Gasteiger charge is 2.17. The lowest BCUT2D eigenvalue weighted by atomic mass is 9.97. The maximum atomic E-state index is 9.82. The lowest BCUT2D eigenvalue weighted by Crippen LogP contribution is -2.27. The summed E-state index contributed by atoms with van der Waals surface area (Å²) in [5.41, 5.74) is 6.82. The van der Waals surface area contributed by atoms with Gasteiger partial charge in [-0.3, -0.25) is 0 Å². The number of hydrogen-bond acceptors (Lipinski definition) is 3. The van der Waals surface area contributed by atoms with Crippen molar-refractivity contribution in [2.45, 2.75) is 25.5 Å². The lowest BCUT2D eigenvalue weighted by molar-refractivity contribution is 0.144. The van der Waals surface area contributed by atoms with Gasteiger partial charge < -0.3 is 10.8 Å².